The summed E-state index contributed by atoms with van der Waals surface area (Å²) >= 11 is 0. The van der Waals surface area contributed by atoms with Crippen LogP contribution in [0.15, 0.2) is 59.4 Å². The van der Waals surface area contributed by atoms with Crippen LogP contribution in [0.4, 0.5) is 0 Å². The second-order valence-corrected chi connectivity index (χ2v) is 5.33. The summed E-state index contributed by atoms with van der Waals surface area (Å²) in [5.74, 6) is -0.139. The molecule has 0 atom stereocenters. The first-order chi connectivity index (χ1) is 11.1. The van der Waals surface area contributed by atoms with E-state index in [1.165, 1.54) is 12.1 Å². The number of benzene rings is 3. The fourth-order valence-electron chi connectivity index (χ4n) is 2.63. The lowest BCUT2D eigenvalue weighted by atomic mass is 10.1. The van der Waals surface area contributed by atoms with Gasteiger partial charge < -0.3 is 15.2 Å². The van der Waals surface area contributed by atoms with Crippen LogP contribution in [0.3, 0.4) is 0 Å². The molecule has 5 nitrogen and oxygen atoms in total. The lowest BCUT2D eigenvalue weighted by Crippen LogP contribution is -2.09. The van der Waals surface area contributed by atoms with E-state index in [0.717, 1.165) is 10.8 Å². The Hall–Kier alpha value is -3.34. The van der Waals surface area contributed by atoms with Gasteiger partial charge in [-0.3, -0.25) is 4.79 Å². The number of phenols is 2. The molecule has 0 aliphatic heterocycles. The fraction of sp³-hybridized carbons (Fsp3) is 0. The zero-order valence-corrected chi connectivity index (χ0v) is 11.9. The van der Waals surface area contributed by atoms with Gasteiger partial charge in [-0.2, -0.15) is 0 Å². The molecule has 1 heterocycles. The van der Waals surface area contributed by atoms with Gasteiger partial charge in [0.1, 0.15) is 5.82 Å². The fourth-order valence-corrected chi connectivity index (χ4v) is 2.63. The lowest BCUT2D eigenvalue weighted by molar-refractivity contribution is 0.404. The molecule has 112 valence electrons. The van der Waals surface area contributed by atoms with Gasteiger partial charge in [-0.1, -0.05) is 24.3 Å². The number of hydrogen-bond donors (Lipinski definition) is 3. The molecule has 3 N–H and O–H groups in total. The first kappa shape index (κ1) is 13.3. The molecule has 0 aliphatic rings. The van der Waals surface area contributed by atoms with Crippen molar-refractivity contribution >= 4 is 21.7 Å². The third-order valence-corrected chi connectivity index (χ3v) is 3.82. The minimum absolute atomic E-state index is 0.220. The molecular formula is C18H12N2O3. The maximum Gasteiger partial charge on any atom is 0.259 e. The number of hydrogen-bond acceptors (Lipinski definition) is 4. The van der Waals surface area contributed by atoms with Gasteiger partial charge in [-0.05, 0) is 41.1 Å². The van der Waals surface area contributed by atoms with E-state index < -0.39 is 0 Å². The van der Waals surface area contributed by atoms with E-state index in [4.69, 9.17) is 0 Å². The first-order valence-corrected chi connectivity index (χ1v) is 7.07. The van der Waals surface area contributed by atoms with Crippen molar-refractivity contribution in [3.8, 4) is 22.9 Å². The molecule has 5 heteroatoms. The van der Waals surface area contributed by atoms with Crippen molar-refractivity contribution in [2.75, 3.05) is 0 Å². The number of nitrogens with one attached hydrogen (secondary N) is 1. The number of H-pyrrole nitrogens is 1. The molecular weight excluding hydrogens is 292 g/mol. The Balaban J connectivity index is 2.00. The lowest BCUT2D eigenvalue weighted by Gasteiger charge is -2.06. The van der Waals surface area contributed by atoms with Crippen molar-refractivity contribution in [2.45, 2.75) is 0 Å². The van der Waals surface area contributed by atoms with Crippen molar-refractivity contribution in [1.82, 2.24) is 9.97 Å². The van der Waals surface area contributed by atoms with Gasteiger partial charge in [-0.25, -0.2) is 4.98 Å². The minimum atomic E-state index is -0.260. The number of phenolic OH excluding ortho intramolecular Hbond substituents is 2. The van der Waals surface area contributed by atoms with Gasteiger partial charge in [0.05, 0.1) is 10.9 Å². The van der Waals surface area contributed by atoms with Crippen LogP contribution in [0.25, 0.3) is 33.1 Å². The van der Waals surface area contributed by atoms with Crippen molar-refractivity contribution in [3.63, 3.8) is 0 Å². The summed E-state index contributed by atoms with van der Waals surface area (Å²) < 4.78 is 0. The van der Waals surface area contributed by atoms with E-state index in [2.05, 4.69) is 9.97 Å². The van der Waals surface area contributed by atoms with E-state index in [0.29, 0.717) is 22.3 Å². The van der Waals surface area contributed by atoms with Crippen molar-refractivity contribution in [1.29, 1.82) is 0 Å². The Morgan fingerprint density at radius 1 is 0.870 bits per heavy atom. The molecule has 23 heavy (non-hydrogen) atoms. The summed E-state index contributed by atoms with van der Waals surface area (Å²) in [5.41, 5.74) is 0.853. The molecule has 0 unspecified atom stereocenters. The summed E-state index contributed by atoms with van der Waals surface area (Å²) in [6.45, 7) is 0. The molecule has 0 radical (unpaired) electrons. The first-order valence-electron chi connectivity index (χ1n) is 7.07. The smallest absolute Gasteiger partial charge is 0.259 e. The molecule has 4 aromatic rings. The Labute approximate surface area is 130 Å². The molecule has 0 spiro atoms. The molecule has 4 rings (SSSR count). The van der Waals surface area contributed by atoms with Gasteiger partial charge in [0.2, 0.25) is 0 Å². The average molecular weight is 304 g/mol. The molecule has 0 fully saturated rings. The predicted molar refractivity (Wildman–Crippen MR) is 88.6 cm³/mol. The maximum absolute atomic E-state index is 12.4. The Morgan fingerprint density at radius 2 is 1.61 bits per heavy atom. The zero-order valence-electron chi connectivity index (χ0n) is 11.9. The Bertz CT molecular complexity index is 1120. The van der Waals surface area contributed by atoms with Crippen molar-refractivity contribution in [3.05, 3.63) is 65.0 Å². The number of aromatic hydroxyl groups is 2. The number of nitrogens with zero attached hydrogens (tertiary/aromatic N) is 1. The van der Waals surface area contributed by atoms with Gasteiger partial charge in [0, 0.05) is 5.56 Å². The summed E-state index contributed by atoms with van der Waals surface area (Å²) in [6, 6.07) is 15.7. The highest BCUT2D eigenvalue weighted by Gasteiger charge is 2.09. The standard InChI is InChI=1S/C18H12N2O3/c21-15-6-5-12(9-16(15)22)17-19-14-8-11-4-2-1-3-10(11)7-13(14)18(23)20-17/h1-9,21-22H,(H,19,20,23). The van der Waals surface area contributed by atoms with E-state index in [-0.39, 0.29) is 17.1 Å². The van der Waals surface area contributed by atoms with Gasteiger partial charge >= 0.3 is 0 Å². The summed E-state index contributed by atoms with van der Waals surface area (Å²) in [7, 11) is 0. The SMILES string of the molecule is O=c1[nH]c(-c2ccc(O)c(O)c2)nc2cc3ccccc3cc12. The predicted octanol–water partition coefficient (Wildman–Crippen LogP) is 3.15. The molecule has 0 bridgehead atoms. The van der Waals surface area contributed by atoms with Crippen LogP contribution < -0.4 is 5.56 Å². The quantitative estimate of drug-likeness (QED) is 0.372. The monoisotopic (exact) mass is 304 g/mol. The van der Waals surface area contributed by atoms with Crippen LogP contribution >= 0.6 is 0 Å². The molecule has 1 aromatic heterocycles. The average Bonchev–Trinajstić information content (AvgIpc) is 2.56. The van der Waals surface area contributed by atoms with Crippen molar-refractivity contribution in [2.24, 2.45) is 0 Å². The Kier molecular flexibility index (Phi) is 2.81. The molecule has 0 saturated carbocycles. The van der Waals surface area contributed by atoms with E-state index in [1.54, 1.807) is 6.07 Å². The number of fused-ring (bicyclic) bond motifs is 2. The highest BCUT2D eigenvalue weighted by molar-refractivity contribution is 5.96. The molecule has 3 aromatic carbocycles. The maximum atomic E-state index is 12.4. The topological polar surface area (TPSA) is 86.2 Å². The molecule has 0 saturated heterocycles. The molecule has 0 aliphatic carbocycles. The zero-order chi connectivity index (χ0) is 16.0. The number of rotatable bonds is 1. The third kappa shape index (κ3) is 2.19. The van der Waals surface area contributed by atoms with Gasteiger partial charge in [0.25, 0.3) is 5.56 Å². The molecule has 0 amide bonds. The summed E-state index contributed by atoms with van der Waals surface area (Å²) in [4.78, 5) is 19.6. The third-order valence-electron chi connectivity index (χ3n) is 3.82. The Morgan fingerprint density at radius 3 is 2.35 bits per heavy atom. The number of aromatic amines is 1. The second-order valence-electron chi connectivity index (χ2n) is 5.33. The highest BCUT2D eigenvalue weighted by atomic mass is 16.3. The normalized spacial score (nSPS) is 11.1. The highest BCUT2D eigenvalue weighted by Crippen LogP contribution is 2.29. The van der Waals surface area contributed by atoms with Crippen LogP contribution in [0.5, 0.6) is 11.5 Å². The van der Waals surface area contributed by atoms with Crippen molar-refractivity contribution < 1.29 is 10.2 Å². The van der Waals surface area contributed by atoms with Gasteiger partial charge in [0.15, 0.2) is 11.5 Å². The van der Waals surface area contributed by atoms with E-state index in [1.807, 2.05) is 36.4 Å². The summed E-state index contributed by atoms with van der Waals surface area (Å²) in [6.07, 6.45) is 0. The minimum Gasteiger partial charge on any atom is -0.504 e. The summed E-state index contributed by atoms with van der Waals surface area (Å²) in [5, 5.41) is 21.5. The van der Waals surface area contributed by atoms with Crippen LogP contribution in [0.1, 0.15) is 0 Å². The van der Waals surface area contributed by atoms with Gasteiger partial charge in [-0.15, -0.1) is 0 Å². The van der Waals surface area contributed by atoms with Crippen LogP contribution in [0, 0.1) is 0 Å². The van der Waals surface area contributed by atoms with Crippen LogP contribution in [-0.4, -0.2) is 20.2 Å². The van der Waals surface area contributed by atoms with Crippen LogP contribution in [-0.2, 0) is 0 Å². The second kappa shape index (κ2) is 4.84. The van der Waals surface area contributed by atoms with E-state index >= 15 is 0 Å². The number of aromatic nitrogens is 2. The van der Waals surface area contributed by atoms with Crippen LogP contribution in [0.2, 0.25) is 0 Å². The largest absolute Gasteiger partial charge is 0.504 e. The van der Waals surface area contributed by atoms with E-state index in [9.17, 15) is 15.0 Å².